The Labute approximate surface area is 132 Å². The lowest BCUT2D eigenvalue weighted by atomic mass is 9.88. The number of piperazine rings is 1. The average Bonchev–Trinajstić information content (AvgIpc) is 2.37. The van der Waals surface area contributed by atoms with Gasteiger partial charge in [0, 0.05) is 25.5 Å². The fraction of sp³-hybridized carbons (Fsp3) is 0.643. The molecule has 0 N–H and O–H groups in total. The van der Waals surface area contributed by atoms with Crippen LogP contribution in [0.15, 0.2) is 16.9 Å². The molecule has 6 nitrogen and oxygen atoms in total. The van der Waals surface area contributed by atoms with Gasteiger partial charge in [-0.3, -0.25) is 4.90 Å². The molecule has 21 heavy (non-hydrogen) atoms. The highest BCUT2D eigenvalue weighted by Crippen LogP contribution is 2.34. The molecule has 2 bridgehead atoms. The summed E-state index contributed by atoms with van der Waals surface area (Å²) in [5, 5.41) is 0. The van der Waals surface area contributed by atoms with E-state index in [9.17, 15) is 4.79 Å². The van der Waals surface area contributed by atoms with Crippen LogP contribution in [0.5, 0.6) is 0 Å². The summed E-state index contributed by atoms with van der Waals surface area (Å²) in [6.45, 7) is 7.20. The molecule has 0 radical (unpaired) electrons. The Morgan fingerprint density at radius 2 is 1.86 bits per heavy atom. The summed E-state index contributed by atoms with van der Waals surface area (Å²) in [6, 6.07) is 0.400. The van der Waals surface area contributed by atoms with Crippen molar-refractivity contribution in [2.75, 3.05) is 18.0 Å². The first-order chi connectivity index (χ1) is 9.83. The van der Waals surface area contributed by atoms with E-state index in [1.54, 1.807) is 12.4 Å². The molecule has 3 saturated heterocycles. The first-order valence-corrected chi connectivity index (χ1v) is 7.86. The van der Waals surface area contributed by atoms with Crippen molar-refractivity contribution in [1.29, 1.82) is 0 Å². The second kappa shape index (κ2) is 5.12. The van der Waals surface area contributed by atoms with Gasteiger partial charge in [-0.2, -0.15) is 0 Å². The summed E-state index contributed by atoms with van der Waals surface area (Å²) in [7, 11) is 0. The van der Waals surface area contributed by atoms with Crippen LogP contribution in [0.4, 0.5) is 10.7 Å². The van der Waals surface area contributed by atoms with Crippen molar-refractivity contribution in [3.05, 3.63) is 16.9 Å². The lowest BCUT2D eigenvalue weighted by Crippen LogP contribution is -2.70. The third-order valence-corrected chi connectivity index (χ3v) is 4.10. The molecule has 0 spiro atoms. The van der Waals surface area contributed by atoms with Gasteiger partial charge >= 0.3 is 6.09 Å². The molecular weight excluding hydrogens is 336 g/mol. The van der Waals surface area contributed by atoms with Gasteiger partial charge in [0.05, 0.1) is 16.6 Å². The number of halogens is 1. The zero-order valence-corrected chi connectivity index (χ0v) is 14.0. The fourth-order valence-corrected chi connectivity index (χ4v) is 3.06. The van der Waals surface area contributed by atoms with Crippen molar-refractivity contribution in [2.24, 2.45) is 0 Å². The number of amides is 1. The predicted octanol–water partition coefficient (Wildman–Crippen LogP) is 2.44. The highest BCUT2D eigenvalue weighted by Gasteiger charge is 2.49. The topological polar surface area (TPSA) is 58.6 Å². The number of fused-ring (bicyclic) bond motifs is 2. The van der Waals surface area contributed by atoms with E-state index in [1.807, 2.05) is 25.7 Å². The van der Waals surface area contributed by atoms with Gasteiger partial charge in [0.2, 0.25) is 5.95 Å². The summed E-state index contributed by atoms with van der Waals surface area (Å²) in [5.41, 5.74) is -0.449. The van der Waals surface area contributed by atoms with Gasteiger partial charge < -0.3 is 9.64 Å². The van der Waals surface area contributed by atoms with Crippen LogP contribution in [0, 0.1) is 0 Å². The first-order valence-electron chi connectivity index (χ1n) is 7.07. The zero-order chi connectivity index (χ0) is 15.2. The van der Waals surface area contributed by atoms with Crippen molar-refractivity contribution in [1.82, 2.24) is 14.9 Å². The van der Waals surface area contributed by atoms with E-state index in [0.717, 1.165) is 29.9 Å². The molecule has 3 fully saturated rings. The molecule has 2 unspecified atom stereocenters. The maximum absolute atomic E-state index is 12.2. The van der Waals surface area contributed by atoms with E-state index < -0.39 is 5.60 Å². The van der Waals surface area contributed by atoms with E-state index in [-0.39, 0.29) is 18.2 Å². The van der Waals surface area contributed by atoms with Crippen molar-refractivity contribution < 1.29 is 9.53 Å². The summed E-state index contributed by atoms with van der Waals surface area (Å²) >= 11 is 3.33. The van der Waals surface area contributed by atoms with Gasteiger partial charge in [0.25, 0.3) is 0 Å². The molecule has 7 heteroatoms. The minimum absolute atomic E-state index is 0.200. The maximum Gasteiger partial charge on any atom is 0.410 e. The normalized spacial score (nSPS) is 24.6. The molecule has 2 atom stereocenters. The third-order valence-electron chi connectivity index (χ3n) is 3.69. The van der Waals surface area contributed by atoms with E-state index in [0.29, 0.717) is 0 Å². The number of carbonyl (C=O) groups is 1. The number of anilines is 1. The number of aromatic nitrogens is 2. The van der Waals surface area contributed by atoms with Gasteiger partial charge in [-0.05, 0) is 43.1 Å². The molecule has 1 aromatic rings. The fourth-order valence-electron chi connectivity index (χ4n) is 2.85. The molecule has 3 aliphatic rings. The second-order valence-electron chi connectivity index (χ2n) is 6.54. The Bertz CT molecular complexity index is 531. The molecule has 0 saturated carbocycles. The highest BCUT2D eigenvalue weighted by molar-refractivity contribution is 9.10. The van der Waals surface area contributed by atoms with Crippen LogP contribution in [0.3, 0.4) is 0 Å². The van der Waals surface area contributed by atoms with Crippen LogP contribution in [0.1, 0.15) is 27.2 Å². The molecule has 1 amide bonds. The number of piperidine rings is 1. The van der Waals surface area contributed by atoms with Crippen LogP contribution in [0.2, 0.25) is 0 Å². The quantitative estimate of drug-likeness (QED) is 0.775. The molecule has 4 heterocycles. The summed E-state index contributed by atoms with van der Waals surface area (Å²) < 4.78 is 6.33. The molecule has 114 valence electrons. The average molecular weight is 355 g/mol. The predicted molar refractivity (Wildman–Crippen MR) is 82.2 cm³/mol. The standard InChI is InChI=1S/C14H19BrN4O2/c1-14(2,3)21-13(20)19-10-4-11(19)8-18(7-10)12-16-5-9(15)6-17-12/h5-6,10-11H,4,7-8H2,1-3H3. The van der Waals surface area contributed by atoms with Gasteiger partial charge in [0.15, 0.2) is 0 Å². The molecule has 0 aliphatic carbocycles. The Hall–Kier alpha value is -1.37. The molecule has 4 rings (SSSR count). The summed E-state index contributed by atoms with van der Waals surface area (Å²) in [4.78, 5) is 24.8. The summed E-state index contributed by atoms with van der Waals surface area (Å²) in [6.07, 6.45) is 4.31. The highest BCUT2D eigenvalue weighted by atomic mass is 79.9. The molecule has 1 aromatic heterocycles. The Morgan fingerprint density at radius 3 is 2.38 bits per heavy atom. The lowest BCUT2D eigenvalue weighted by molar-refractivity contribution is -0.0381. The smallest absolute Gasteiger partial charge is 0.410 e. The Balaban J connectivity index is 1.64. The second-order valence-corrected chi connectivity index (χ2v) is 7.45. The SMILES string of the molecule is CC(C)(C)OC(=O)N1C2CC1CN(c1ncc(Br)cn1)C2. The molecule has 0 aromatic carbocycles. The van der Waals surface area contributed by atoms with Gasteiger partial charge in [0.1, 0.15) is 5.60 Å². The van der Waals surface area contributed by atoms with Crippen LogP contribution < -0.4 is 4.90 Å². The number of nitrogens with zero attached hydrogens (tertiary/aromatic N) is 4. The number of carbonyl (C=O) groups excluding carboxylic acids is 1. The lowest BCUT2D eigenvalue weighted by Gasteiger charge is -2.55. The summed E-state index contributed by atoms with van der Waals surface area (Å²) in [5.74, 6) is 0.719. The van der Waals surface area contributed by atoms with Gasteiger partial charge in [-0.15, -0.1) is 0 Å². The van der Waals surface area contributed by atoms with E-state index in [1.165, 1.54) is 0 Å². The number of rotatable bonds is 1. The van der Waals surface area contributed by atoms with Gasteiger partial charge in [-0.25, -0.2) is 14.8 Å². The third kappa shape index (κ3) is 2.97. The minimum Gasteiger partial charge on any atom is -0.444 e. The zero-order valence-electron chi connectivity index (χ0n) is 12.4. The van der Waals surface area contributed by atoms with Crippen LogP contribution in [-0.4, -0.2) is 51.7 Å². The van der Waals surface area contributed by atoms with Crippen LogP contribution in [-0.2, 0) is 4.74 Å². The monoisotopic (exact) mass is 354 g/mol. The number of hydrogen-bond acceptors (Lipinski definition) is 5. The maximum atomic E-state index is 12.2. The van der Waals surface area contributed by atoms with Gasteiger partial charge in [-0.1, -0.05) is 0 Å². The Morgan fingerprint density at radius 1 is 1.29 bits per heavy atom. The van der Waals surface area contributed by atoms with Crippen LogP contribution >= 0.6 is 15.9 Å². The van der Waals surface area contributed by atoms with E-state index in [4.69, 9.17) is 4.74 Å². The Kier molecular flexibility index (Phi) is 3.55. The molecular formula is C14H19BrN4O2. The van der Waals surface area contributed by atoms with Crippen molar-refractivity contribution >= 4 is 28.0 Å². The number of ether oxygens (including phenoxy) is 1. The number of hydrogen-bond donors (Lipinski definition) is 0. The van der Waals surface area contributed by atoms with Crippen LogP contribution in [0.25, 0.3) is 0 Å². The van der Waals surface area contributed by atoms with Crippen molar-refractivity contribution in [2.45, 2.75) is 44.9 Å². The van der Waals surface area contributed by atoms with Crippen molar-refractivity contribution in [3.63, 3.8) is 0 Å². The van der Waals surface area contributed by atoms with Crippen molar-refractivity contribution in [3.8, 4) is 0 Å². The van der Waals surface area contributed by atoms with E-state index >= 15 is 0 Å². The molecule has 3 aliphatic heterocycles. The largest absolute Gasteiger partial charge is 0.444 e. The minimum atomic E-state index is -0.449. The van der Waals surface area contributed by atoms with E-state index in [2.05, 4.69) is 30.8 Å². The first kappa shape index (κ1) is 14.6.